The van der Waals surface area contributed by atoms with Crippen LogP contribution in [0.1, 0.15) is 17.2 Å². The van der Waals surface area contributed by atoms with E-state index in [1.54, 1.807) is 24.3 Å². The van der Waals surface area contributed by atoms with E-state index in [1.807, 2.05) is 30.3 Å². The summed E-state index contributed by atoms with van der Waals surface area (Å²) < 4.78 is 10.3. The van der Waals surface area contributed by atoms with Crippen LogP contribution in [-0.4, -0.2) is 49.1 Å². The molecule has 27 heavy (non-hydrogen) atoms. The van der Waals surface area contributed by atoms with E-state index in [-0.39, 0.29) is 24.5 Å². The SMILES string of the molecule is COCCN1C(=O)C(=O)/C(=C(\O)c2cccc(OC)c2)C1c1ccccc1. The van der Waals surface area contributed by atoms with Gasteiger partial charge in [-0.3, -0.25) is 9.59 Å². The van der Waals surface area contributed by atoms with Crippen LogP contribution in [0.25, 0.3) is 5.76 Å². The van der Waals surface area contributed by atoms with Crippen molar-refractivity contribution < 1.29 is 24.2 Å². The van der Waals surface area contributed by atoms with Crippen LogP contribution in [0.3, 0.4) is 0 Å². The Hall–Kier alpha value is -3.12. The maximum atomic E-state index is 12.8. The molecule has 3 rings (SSSR count). The van der Waals surface area contributed by atoms with Crippen molar-refractivity contribution >= 4 is 17.4 Å². The number of ketones is 1. The van der Waals surface area contributed by atoms with Crippen molar-refractivity contribution in [3.05, 3.63) is 71.3 Å². The van der Waals surface area contributed by atoms with Gasteiger partial charge in [0.2, 0.25) is 0 Å². The summed E-state index contributed by atoms with van der Waals surface area (Å²) in [5, 5.41) is 10.9. The number of likely N-dealkylation sites (tertiary alicyclic amines) is 1. The first-order valence-corrected chi connectivity index (χ1v) is 8.55. The quantitative estimate of drug-likeness (QED) is 0.483. The highest BCUT2D eigenvalue weighted by Crippen LogP contribution is 2.39. The Bertz CT molecular complexity index is 875. The van der Waals surface area contributed by atoms with Crippen molar-refractivity contribution in [3.8, 4) is 5.75 Å². The molecule has 2 aromatic carbocycles. The number of amides is 1. The van der Waals surface area contributed by atoms with Crippen molar-refractivity contribution in [1.82, 2.24) is 4.90 Å². The average molecular weight is 367 g/mol. The molecule has 1 unspecified atom stereocenters. The summed E-state index contributed by atoms with van der Waals surface area (Å²) in [5.74, 6) is -1.03. The number of methoxy groups -OCH3 is 2. The van der Waals surface area contributed by atoms with E-state index in [4.69, 9.17) is 9.47 Å². The van der Waals surface area contributed by atoms with Gasteiger partial charge in [0.05, 0.1) is 25.3 Å². The first-order chi connectivity index (χ1) is 13.1. The van der Waals surface area contributed by atoms with Crippen LogP contribution in [0.5, 0.6) is 5.75 Å². The minimum absolute atomic E-state index is 0.0653. The van der Waals surface area contributed by atoms with Gasteiger partial charge in [0.25, 0.3) is 11.7 Å². The third kappa shape index (κ3) is 3.57. The lowest BCUT2D eigenvalue weighted by Gasteiger charge is -2.25. The van der Waals surface area contributed by atoms with E-state index in [0.29, 0.717) is 11.3 Å². The third-order valence-electron chi connectivity index (χ3n) is 4.53. The fourth-order valence-electron chi connectivity index (χ4n) is 3.21. The molecule has 1 amide bonds. The fourth-order valence-corrected chi connectivity index (χ4v) is 3.21. The number of aliphatic hydroxyl groups is 1. The summed E-state index contributed by atoms with van der Waals surface area (Å²) in [4.78, 5) is 26.8. The second-order valence-corrected chi connectivity index (χ2v) is 6.13. The molecule has 140 valence electrons. The smallest absolute Gasteiger partial charge is 0.295 e. The summed E-state index contributed by atoms with van der Waals surface area (Å²) in [5.41, 5.74) is 1.23. The van der Waals surface area contributed by atoms with E-state index in [0.717, 1.165) is 5.56 Å². The van der Waals surface area contributed by atoms with E-state index >= 15 is 0 Å². The van der Waals surface area contributed by atoms with Crippen LogP contribution in [0.15, 0.2) is 60.2 Å². The lowest BCUT2D eigenvalue weighted by molar-refractivity contribution is -0.140. The molecule has 6 nitrogen and oxygen atoms in total. The minimum atomic E-state index is -0.708. The summed E-state index contributed by atoms with van der Waals surface area (Å²) >= 11 is 0. The standard InChI is InChI=1S/C21H21NO5/c1-26-12-11-22-18(14-7-4-3-5-8-14)17(20(24)21(22)25)19(23)15-9-6-10-16(13-15)27-2/h3-10,13,18,23H,11-12H2,1-2H3/b19-17-. The van der Waals surface area contributed by atoms with E-state index in [1.165, 1.54) is 19.1 Å². The topological polar surface area (TPSA) is 76.1 Å². The van der Waals surface area contributed by atoms with Gasteiger partial charge in [-0.05, 0) is 17.7 Å². The van der Waals surface area contributed by atoms with Gasteiger partial charge >= 0.3 is 0 Å². The zero-order valence-electron chi connectivity index (χ0n) is 15.2. The second kappa shape index (κ2) is 8.05. The molecule has 0 radical (unpaired) electrons. The number of carbonyl (C=O) groups excluding carboxylic acids is 2. The summed E-state index contributed by atoms with van der Waals surface area (Å²) in [6.07, 6.45) is 0. The van der Waals surface area contributed by atoms with Gasteiger partial charge in [0, 0.05) is 19.2 Å². The molecule has 1 aliphatic rings. The summed E-state index contributed by atoms with van der Waals surface area (Å²) in [6.45, 7) is 0.533. The van der Waals surface area contributed by atoms with Gasteiger partial charge in [0.1, 0.15) is 11.5 Å². The molecule has 1 fully saturated rings. The Morgan fingerprint density at radius 1 is 1.07 bits per heavy atom. The van der Waals surface area contributed by atoms with Crippen molar-refractivity contribution in [2.45, 2.75) is 6.04 Å². The van der Waals surface area contributed by atoms with Crippen LogP contribution in [0.2, 0.25) is 0 Å². The maximum Gasteiger partial charge on any atom is 0.295 e. The van der Waals surface area contributed by atoms with Crippen molar-refractivity contribution in [3.63, 3.8) is 0 Å². The molecule has 0 aliphatic carbocycles. The number of aliphatic hydroxyl groups excluding tert-OH is 1. The summed E-state index contributed by atoms with van der Waals surface area (Å²) in [6, 6.07) is 15.2. The van der Waals surface area contributed by atoms with Crippen molar-refractivity contribution in [1.29, 1.82) is 0 Å². The van der Waals surface area contributed by atoms with E-state index in [9.17, 15) is 14.7 Å². The molecule has 6 heteroatoms. The van der Waals surface area contributed by atoms with E-state index < -0.39 is 17.7 Å². The van der Waals surface area contributed by atoms with Crippen LogP contribution in [0, 0.1) is 0 Å². The summed E-state index contributed by atoms with van der Waals surface area (Å²) in [7, 11) is 3.05. The molecule has 1 N–H and O–H groups in total. The zero-order chi connectivity index (χ0) is 19.4. The number of hydrogen-bond acceptors (Lipinski definition) is 5. The monoisotopic (exact) mass is 367 g/mol. The molecule has 0 bridgehead atoms. The Labute approximate surface area is 157 Å². The Morgan fingerprint density at radius 2 is 1.81 bits per heavy atom. The van der Waals surface area contributed by atoms with Crippen molar-refractivity contribution in [2.75, 3.05) is 27.4 Å². The normalized spacial score (nSPS) is 18.7. The molecule has 2 aromatic rings. The maximum absolute atomic E-state index is 12.8. The molecular formula is C21H21NO5. The Balaban J connectivity index is 2.15. The lowest BCUT2D eigenvalue weighted by atomic mass is 9.95. The molecule has 1 aliphatic heterocycles. The number of nitrogens with zero attached hydrogens (tertiary/aromatic N) is 1. The molecule has 1 saturated heterocycles. The van der Waals surface area contributed by atoms with Crippen LogP contribution >= 0.6 is 0 Å². The van der Waals surface area contributed by atoms with E-state index in [2.05, 4.69) is 0 Å². The van der Waals surface area contributed by atoms with Gasteiger partial charge in [0.15, 0.2) is 0 Å². The molecule has 1 heterocycles. The minimum Gasteiger partial charge on any atom is -0.507 e. The number of hydrogen-bond donors (Lipinski definition) is 1. The fraction of sp³-hybridized carbons (Fsp3) is 0.238. The van der Waals surface area contributed by atoms with Crippen LogP contribution in [-0.2, 0) is 14.3 Å². The number of benzene rings is 2. The predicted molar refractivity (Wildman–Crippen MR) is 100 cm³/mol. The number of Topliss-reactive ketones (excluding diaryl/α,β-unsaturated/α-hetero) is 1. The van der Waals surface area contributed by atoms with Crippen LogP contribution < -0.4 is 4.74 Å². The first kappa shape index (κ1) is 18.7. The highest BCUT2D eigenvalue weighted by Gasteiger charge is 2.45. The highest BCUT2D eigenvalue weighted by atomic mass is 16.5. The van der Waals surface area contributed by atoms with Gasteiger partial charge in [-0.15, -0.1) is 0 Å². The first-order valence-electron chi connectivity index (χ1n) is 8.55. The molecule has 0 spiro atoms. The highest BCUT2D eigenvalue weighted by molar-refractivity contribution is 6.46. The predicted octanol–water partition coefficient (Wildman–Crippen LogP) is 2.76. The Morgan fingerprint density at radius 3 is 2.48 bits per heavy atom. The number of ether oxygens (including phenoxy) is 2. The zero-order valence-corrected chi connectivity index (χ0v) is 15.2. The second-order valence-electron chi connectivity index (χ2n) is 6.13. The third-order valence-corrected chi connectivity index (χ3v) is 4.53. The Kier molecular flexibility index (Phi) is 5.57. The number of carbonyl (C=O) groups is 2. The van der Waals surface area contributed by atoms with Gasteiger partial charge in [-0.2, -0.15) is 0 Å². The van der Waals surface area contributed by atoms with Crippen molar-refractivity contribution in [2.24, 2.45) is 0 Å². The molecule has 0 aromatic heterocycles. The number of rotatable bonds is 6. The molecule has 0 saturated carbocycles. The van der Waals surface area contributed by atoms with Gasteiger partial charge in [-0.25, -0.2) is 0 Å². The molecule has 1 atom stereocenters. The van der Waals surface area contributed by atoms with Gasteiger partial charge < -0.3 is 19.5 Å². The largest absolute Gasteiger partial charge is 0.507 e. The van der Waals surface area contributed by atoms with Gasteiger partial charge in [-0.1, -0.05) is 42.5 Å². The lowest BCUT2D eigenvalue weighted by Crippen LogP contribution is -2.32. The average Bonchev–Trinajstić information content (AvgIpc) is 2.97. The molecular weight excluding hydrogens is 346 g/mol. The van der Waals surface area contributed by atoms with Crippen LogP contribution in [0.4, 0.5) is 0 Å².